The maximum atomic E-state index is 10.6. The van der Waals surface area contributed by atoms with Gasteiger partial charge in [0.05, 0.1) is 0 Å². The highest BCUT2D eigenvalue weighted by molar-refractivity contribution is 5.88. The standard InChI is InChI=1S/C9H16O/c1-7(6-8(2)10)9(3,4)5/h6H,1-5H3/b7-6+. The molecule has 0 saturated heterocycles. The molecule has 1 heteroatoms. The fraction of sp³-hybridized carbons (Fsp3) is 0.667. The summed E-state index contributed by atoms with van der Waals surface area (Å²) in [4.78, 5) is 10.6. The van der Waals surface area contributed by atoms with Gasteiger partial charge < -0.3 is 0 Å². The van der Waals surface area contributed by atoms with Crippen LogP contribution in [0.2, 0.25) is 0 Å². The van der Waals surface area contributed by atoms with Gasteiger partial charge in [0.2, 0.25) is 0 Å². The van der Waals surface area contributed by atoms with E-state index >= 15 is 0 Å². The first-order chi connectivity index (χ1) is 4.34. The van der Waals surface area contributed by atoms with Crippen molar-refractivity contribution in [3.63, 3.8) is 0 Å². The van der Waals surface area contributed by atoms with Crippen LogP contribution >= 0.6 is 0 Å². The zero-order chi connectivity index (χ0) is 8.36. The quantitative estimate of drug-likeness (QED) is 0.511. The van der Waals surface area contributed by atoms with Crippen molar-refractivity contribution in [2.24, 2.45) is 5.41 Å². The first kappa shape index (κ1) is 9.41. The number of allylic oxidation sites excluding steroid dienone is 2. The fourth-order valence-corrected chi connectivity index (χ4v) is 0.521. The lowest BCUT2D eigenvalue weighted by Crippen LogP contribution is -2.07. The van der Waals surface area contributed by atoms with Gasteiger partial charge in [-0.2, -0.15) is 0 Å². The van der Waals surface area contributed by atoms with E-state index in [0.29, 0.717) is 0 Å². The molecule has 0 atom stereocenters. The Morgan fingerprint density at radius 1 is 1.20 bits per heavy atom. The summed E-state index contributed by atoms with van der Waals surface area (Å²) >= 11 is 0. The minimum atomic E-state index is 0.131. The molecule has 0 aromatic rings. The van der Waals surface area contributed by atoms with E-state index in [1.54, 1.807) is 13.0 Å². The lowest BCUT2D eigenvalue weighted by molar-refractivity contribution is -0.112. The Bertz CT molecular complexity index is 158. The van der Waals surface area contributed by atoms with Crippen LogP contribution in [-0.4, -0.2) is 5.78 Å². The number of ketones is 1. The Morgan fingerprint density at radius 2 is 1.60 bits per heavy atom. The summed E-state index contributed by atoms with van der Waals surface area (Å²) in [5.74, 6) is 0.132. The minimum Gasteiger partial charge on any atom is -0.295 e. The molecule has 0 aromatic heterocycles. The van der Waals surface area contributed by atoms with Crippen LogP contribution in [0.3, 0.4) is 0 Å². The van der Waals surface area contributed by atoms with Crippen molar-refractivity contribution < 1.29 is 4.79 Å². The molecule has 0 N–H and O–H groups in total. The van der Waals surface area contributed by atoms with Gasteiger partial charge in [0, 0.05) is 0 Å². The number of carbonyl (C=O) groups excluding carboxylic acids is 1. The van der Waals surface area contributed by atoms with Gasteiger partial charge >= 0.3 is 0 Å². The Kier molecular flexibility index (Phi) is 2.82. The smallest absolute Gasteiger partial charge is 0.152 e. The second-order valence-electron chi connectivity index (χ2n) is 3.69. The maximum absolute atomic E-state index is 10.6. The van der Waals surface area contributed by atoms with Crippen molar-refractivity contribution >= 4 is 5.78 Å². The molecular formula is C9H16O. The zero-order valence-corrected chi connectivity index (χ0v) is 7.49. The number of rotatable bonds is 1. The molecule has 0 aliphatic rings. The van der Waals surface area contributed by atoms with Gasteiger partial charge in [-0.15, -0.1) is 0 Å². The highest BCUT2D eigenvalue weighted by Gasteiger charge is 2.12. The van der Waals surface area contributed by atoms with Crippen LogP contribution in [0.25, 0.3) is 0 Å². The summed E-state index contributed by atoms with van der Waals surface area (Å²) in [6, 6.07) is 0. The summed E-state index contributed by atoms with van der Waals surface area (Å²) in [5, 5.41) is 0. The molecule has 0 heterocycles. The van der Waals surface area contributed by atoms with Crippen LogP contribution < -0.4 is 0 Å². The molecule has 0 fully saturated rings. The molecule has 0 saturated carbocycles. The van der Waals surface area contributed by atoms with Crippen molar-refractivity contribution in [1.82, 2.24) is 0 Å². The molecule has 58 valence electrons. The summed E-state index contributed by atoms with van der Waals surface area (Å²) < 4.78 is 0. The van der Waals surface area contributed by atoms with Gasteiger partial charge in [0.1, 0.15) is 0 Å². The minimum absolute atomic E-state index is 0.131. The monoisotopic (exact) mass is 140 g/mol. The highest BCUT2D eigenvalue weighted by atomic mass is 16.1. The molecule has 0 aliphatic carbocycles. The average Bonchev–Trinajstić information content (AvgIpc) is 1.60. The molecule has 0 bridgehead atoms. The number of hydrogen-bond donors (Lipinski definition) is 0. The lowest BCUT2D eigenvalue weighted by Gasteiger charge is -2.18. The normalized spacial score (nSPS) is 13.5. The Balaban J connectivity index is 4.35. The third-order valence-electron chi connectivity index (χ3n) is 1.60. The van der Waals surface area contributed by atoms with E-state index in [1.165, 1.54) is 0 Å². The van der Waals surface area contributed by atoms with E-state index in [1.807, 2.05) is 6.92 Å². The van der Waals surface area contributed by atoms with Crippen molar-refractivity contribution in [3.8, 4) is 0 Å². The summed E-state index contributed by atoms with van der Waals surface area (Å²) in [5.41, 5.74) is 1.27. The topological polar surface area (TPSA) is 17.1 Å². The van der Waals surface area contributed by atoms with Gasteiger partial charge in [0.15, 0.2) is 5.78 Å². The highest BCUT2D eigenvalue weighted by Crippen LogP contribution is 2.23. The molecule has 0 unspecified atom stereocenters. The molecule has 0 rings (SSSR count). The van der Waals surface area contributed by atoms with Gasteiger partial charge in [0.25, 0.3) is 0 Å². The second kappa shape index (κ2) is 3.00. The van der Waals surface area contributed by atoms with E-state index in [4.69, 9.17) is 0 Å². The van der Waals surface area contributed by atoms with Crippen LogP contribution in [-0.2, 0) is 4.79 Å². The van der Waals surface area contributed by atoms with E-state index in [-0.39, 0.29) is 11.2 Å². The van der Waals surface area contributed by atoms with E-state index in [9.17, 15) is 4.79 Å². The van der Waals surface area contributed by atoms with Crippen LogP contribution in [0.5, 0.6) is 0 Å². The predicted octanol–water partition coefficient (Wildman–Crippen LogP) is 2.57. The van der Waals surface area contributed by atoms with Crippen LogP contribution in [0.4, 0.5) is 0 Å². The molecule has 0 aromatic carbocycles. The molecule has 0 spiro atoms. The third kappa shape index (κ3) is 3.44. The molecule has 0 radical (unpaired) electrons. The summed E-state index contributed by atoms with van der Waals surface area (Å²) in [6.07, 6.45) is 1.69. The van der Waals surface area contributed by atoms with E-state index in [0.717, 1.165) is 5.57 Å². The number of carbonyl (C=O) groups is 1. The summed E-state index contributed by atoms with van der Waals surface area (Å²) in [6.45, 7) is 9.86. The first-order valence-corrected chi connectivity index (χ1v) is 3.53. The molecule has 1 nitrogen and oxygen atoms in total. The molecule has 10 heavy (non-hydrogen) atoms. The van der Waals surface area contributed by atoms with Crippen LogP contribution in [0.15, 0.2) is 11.6 Å². The lowest BCUT2D eigenvalue weighted by atomic mass is 9.87. The van der Waals surface area contributed by atoms with Gasteiger partial charge in [-0.25, -0.2) is 0 Å². The van der Waals surface area contributed by atoms with Crippen molar-refractivity contribution in [2.75, 3.05) is 0 Å². The Hall–Kier alpha value is -0.590. The zero-order valence-electron chi connectivity index (χ0n) is 7.49. The van der Waals surface area contributed by atoms with Gasteiger partial charge in [-0.3, -0.25) is 4.79 Å². The Morgan fingerprint density at radius 3 is 1.70 bits per heavy atom. The maximum Gasteiger partial charge on any atom is 0.152 e. The Labute approximate surface area is 63.1 Å². The molecular weight excluding hydrogens is 124 g/mol. The van der Waals surface area contributed by atoms with Gasteiger partial charge in [-0.1, -0.05) is 26.3 Å². The molecule has 0 aliphatic heterocycles. The SMILES string of the molecule is CC(=O)/C=C(\C)C(C)(C)C. The number of hydrogen-bond acceptors (Lipinski definition) is 1. The first-order valence-electron chi connectivity index (χ1n) is 3.53. The van der Waals surface area contributed by atoms with Crippen LogP contribution in [0.1, 0.15) is 34.6 Å². The van der Waals surface area contributed by atoms with Crippen LogP contribution in [0, 0.1) is 5.41 Å². The van der Waals surface area contributed by atoms with Gasteiger partial charge in [-0.05, 0) is 25.3 Å². The predicted molar refractivity (Wildman–Crippen MR) is 43.9 cm³/mol. The van der Waals surface area contributed by atoms with E-state index < -0.39 is 0 Å². The van der Waals surface area contributed by atoms with Crippen molar-refractivity contribution in [3.05, 3.63) is 11.6 Å². The fourth-order valence-electron chi connectivity index (χ4n) is 0.521. The van der Waals surface area contributed by atoms with Crippen molar-refractivity contribution in [2.45, 2.75) is 34.6 Å². The average molecular weight is 140 g/mol. The summed E-state index contributed by atoms with van der Waals surface area (Å²) in [7, 11) is 0. The molecule has 0 amide bonds. The third-order valence-corrected chi connectivity index (χ3v) is 1.60. The second-order valence-corrected chi connectivity index (χ2v) is 3.69. The largest absolute Gasteiger partial charge is 0.295 e. The van der Waals surface area contributed by atoms with E-state index in [2.05, 4.69) is 20.8 Å². The van der Waals surface area contributed by atoms with Crippen molar-refractivity contribution in [1.29, 1.82) is 0 Å².